The summed E-state index contributed by atoms with van der Waals surface area (Å²) in [7, 11) is 0. The summed E-state index contributed by atoms with van der Waals surface area (Å²) in [6.45, 7) is 0.641. The molecule has 0 unspecified atom stereocenters. The quantitative estimate of drug-likeness (QED) is 0.649. The van der Waals surface area contributed by atoms with Crippen molar-refractivity contribution >= 4 is 29.1 Å². The molecule has 0 aliphatic carbocycles. The van der Waals surface area contributed by atoms with Crippen molar-refractivity contribution in [2.24, 2.45) is 0 Å². The van der Waals surface area contributed by atoms with Gasteiger partial charge in [0.05, 0.1) is 17.5 Å². The first-order chi connectivity index (χ1) is 14.2. The molecule has 2 heterocycles. The molecule has 2 aliphatic heterocycles. The highest BCUT2D eigenvalue weighted by molar-refractivity contribution is 6.30. The maximum Gasteiger partial charge on any atom is 0.416 e. The number of rotatable bonds is 1. The normalized spacial score (nSPS) is 18.0. The number of likely N-dealkylation sites (tertiary alicyclic amines) is 1. The van der Waals surface area contributed by atoms with Gasteiger partial charge < -0.3 is 15.0 Å². The van der Waals surface area contributed by atoms with Gasteiger partial charge in [-0.25, -0.2) is 4.79 Å². The van der Waals surface area contributed by atoms with Crippen LogP contribution in [-0.4, -0.2) is 35.4 Å². The largest absolute Gasteiger partial charge is 0.486 e. The number of ether oxygens (including phenoxy) is 1. The van der Waals surface area contributed by atoms with E-state index in [2.05, 4.69) is 5.32 Å². The Labute approximate surface area is 175 Å². The smallest absolute Gasteiger partial charge is 0.416 e. The van der Waals surface area contributed by atoms with Gasteiger partial charge in [-0.2, -0.15) is 13.2 Å². The molecule has 2 amide bonds. The number of hydrogen-bond acceptors (Lipinski definition) is 3. The summed E-state index contributed by atoms with van der Waals surface area (Å²) in [6.07, 6.45) is -3.74. The molecular formula is C21H18ClF3N2O3. The van der Waals surface area contributed by atoms with Gasteiger partial charge in [-0.15, -0.1) is 0 Å². The fourth-order valence-corrected chi connectivity index (χ4v) is 3.93. The van der Waals surface area contributed by atoms with Crippen LogP contribution >= 0.6 is 11.6 Å². The maximum atomic E-state index is 13.0. The number of hydrogen-bond donors (Lipinski definition) is 1. The Morgan fingerprint density at radius 3 is 2.40 bits per heavy atom. The molecule has 4 rings (SSSR count). The second kappa shape index (κ2) is 7.50. The van der Waals surface area contributed by atoms with Crippen LogP contribution in [-0.2, 0) is 6.18 Å². The number of nitrogens with one attached hydrogen (secondary N) is 1. The molecule has 0 radical (unpaired) electrons. The fraction of sp³-hybridized carbons (Fsp3) is 0.333. The Kier molecular flexibility index (Phi) is 5.13. The molecule has 158 valence electrons. The van der Waals surface area contributed by atoms with Crippen molar-refractivity contribution in [2.45, 2.75) is 31.0 Å². The van der Waals surface area contributed by atoms with Crippen molar-refractivity contribution in [3.63, 3.8) is 0 Å². The summed E-state index contributed by atoms with van der Waals surface area (Å²) < 4.78 is 45.0. The Bertz CT molecular complexity index is 984. The lowest BCUT2D eigenvalue weighted by molar-refractivity contribution is -0.137. The molecule has 0 saturated carbocycles. The molecule has 1 fully saturated rings. The highest BCUT2D eigenvalue weighted by Gasteiger charge is 2.44. The lowest BCUT2D eigenvalue weighted by atomic mass is 9.82. The second-order valence-corrected chi connectivity index (χ2v) is 7.95. The third-order valence-corrected chi connectivity index (χ3v) is 5.73. The summed E-state index contributed by atoms with van der Waals surface area (Å²) in [6, 6.07) is 9.34. The number of amides is 2. The standard InChI is InChI=1S/C21H18ClF3N2O3/c22-14-2-4-15(5-3-14)26-19(29)27-9-7-20(8-10-27)12-17(28)16-6-1-13(21(23,24)25)11-18(16)30-20/h1-6,11H,7-10,12H2,(H,26,29). The molecule has 0 bridgehead atoms. The van der Waals surface area contributed by atoms with E-state index >= 15 is 0 Å². The lowest BCUT2D eigenvalue weighted by Crippen LogP contribution is -2.53. The van der Waals surface area contributed by atoms with Gasteiger partial charge in [-0.1, -0.05) is 11.6 Å². The summed E-state index contributed by atoms with van der Waals surface area (Å²) in [5.74, 6) is -0.288. The van der Waals surface area contributed by atoms with Gasteiger partial charge in [0.15, 0.2) is 5.78 Å². The number of Topliss-reactive ketones (excluding diaryl/α,β-unsaturated/α-hetero) is 1. The molecular weight excluding hydrogens is 421 g/mol. The van der Waals surface area contributed by atoms with Crippen molar-refractivity contribution in [1.29, 1.82) is 0 Å². The lowest BCUT2D eigenvalue weighted by Gasteiger charge is -2.44. The minimum atomic E-state index is -4.52. The zero-order chi connectivity index (χ0) is 21.5. The van der Waals surface area contributed by atoms with Gasteiger partial charge in [0, 0.05) is 36.6 Å². The van der Waals surface area contributed by atoms with Gasteiger partial charge in [0.1, 0.15) is 11.4 Å². The van der Waals surface area contributed by atoms with Gasteiger partial charge in [0.2, 0.25) is 0 Å². The van der Waals surface area contributed by atoms with Crippen LogP contribution in [0.3, 0.4) is 0 Å². The maximum absolute atomic E-state index is 13.0. The predicted molar refractivity (Wildman–Crippen MR) is 105 cm³/mol. The second-order valence-electron chi connectivity index (χ2n) is 7.52. The summed E-state index contributed by atoms with van der Waals surface area (Å²) in [4.78, 5) is 26.6. The van der Waals surface area contributed by atoms with Crippen molar-refractivity contribution in [2.75, 3.05) is 18.4 Å². The average Bonchev–Trinajstić information content (AvgIpc) is 2.69. The van der Waals surface area contributed by atoms with E-state index in [1.165, 1.54) is 6.07 Å². The molecule has 9 heteroatoms. The number of nitrogens with zero attached hydrogens (tertiary/aromatic N) is 1. The minimum Gasteiger partial charge on any atom is -0.486 e. The van der Waals surface area contributed by atoms with Crippen molar-refractivity contribution in [1.82, 2.24) is 4.90 Å². The summed E-state index contributed by atoms with van der Waals surface area (Å²) >= 11 is 5.83. The van der Waals surface area contributed by atoms with E-state index in [1.807, 2.05) is 0 Å². The van der Waals surface area contributed by atoms with Gasteiger partial charge >= 0.3 is 12.2 Å². The van der Waals surface area contributed by atoms with E-state index in [4.69, 9.17) is 16.3 Å². The van der Waals surface area contributed by atoms with Crippen LogP contribution in [0, 0.1) is 0 Å². The van der Waals surface area contributed by atoms with Crippen LogP contribution in [0.5, 0.6) is 5.75 Å². The molecule has 5 nitrogen and oxygen atoms in total. The molecule has 0 atom stereocenters. The number of halogens is 4. The number of carbonyl (C=O) groups excluding carboxylic acids is 2. The number of piperidine rings is 1. The number of fused-ring (bicyclic) bond motifs is 1. The Balaban J connectivity index is 1.45. The van der Waals surface area contributed by atoms with Crippen LogP contribution in [0.15, 0.2) is 42.5 Å². The number of ketones is 1. The van der Waals surface area contributed by atoms with E-state index in [0.717, 1.165) is 12.1 Å². The van der Waals surface area contributed by atoms with E-state index in [-0.39, 0.29) is 29.5 Å². The molecule has 1 spiro atoms. The van der Waals surface area contributed by atoms with Crippen LogP contribution < -0.4 is 10.1 Å². The molecule has 1 N–H and O–H groups in total. The third-order valence-electron chi connectivity index (χ3n) is 5.48. The number of carbonyl (C=O) groups is 2. The first-order valence-corrected chi connectivity index (χ1v) is 9.78. The van der Waals surface area contributed by atoms with Crippen LogP contribution in [0.1, 0.15) is 35.2 Å². The summed E-state index contributed by atoms with van der Waals surface area (Å²) in [5, 5.41) is 3.33. The van der Waals surface area contributed by atoms with Gasteiger partial charge in [-0.3, -0.25) is 4.79 Å². The first kappa shape index (κ1) is 20.5. The Hall–Kier alpha value is -2.74. The zero-order valence-electron chi connectivity index (χ0n) is 15.8. The minimum absolute atomic E-state index is 0.0415. The number of urea groups is 1. The van der Waals surface area contributed by atoms with Crippen LogP contribution in [0.25, 0.3) is 0 Å². The highest BCUT2D eigenvalue weighted by Crippen LogP contribution is 2.42. The topological polar surface area (TPSA) is 58.6 Å². The molecule has 2 aliphatic rings. The van der Waals surface area contributed by atoms with Gasteiger partial charge in [-0.05, 0) is 42.5 Å². The van der Waals surface area contributed by atoms with Crippen LogP contribution in [0.4, 0.5) is 23.7 Å². The number of anilines is 1. The highest BCUT2D eigenvalue weighted by atomic mass is 35.5. The van der Waals surface area contributed by atoms with E-state index < -0.39 is 17.3 Å². The van der Waals surface area contributed by atoms with E-state index in [1.54, 1.807) is 29.2 Å². The van der Waals surface area contributed by atoms with Crippen LogP contribution in [0.2, 0.25) is 5.02 Å². The monoisotopic (exact) mass is 438 g/mol. The first-order valence-electron chi connectivity index (χ1n) is 9.40. The molecule has 2 aromatic rings. The van der Waals surface area contributed by atoms with Crippen molar-refractivity contribution < 1.29 is 27.5 Å². The summed E-state index contributed by atoms with van der Waals surface area (Å²) in [5.41, 5.74) is -0.990. The molecule has 0 aromatic heterocycles. The zero-order valence-corrected chi connectivity index (χ0v) is 16.5. The fourth-order valence-electron chi connectivity index (χ4n) is 3.80. The Morgan fingerprint density at radius 1 is 1.10 bits per heavy atom. The SMILES string of the molecule is O=C1CC2(CCN(C(=O)Nc3ccc(Cl)cc3)CC2)Oc2cc(C(F)(F)F)ccc21. The Morgan fingerprint density at radius 2 is 1.77 bits per heavy atom. The molecule has 30 heavy (non-hydrogen) atoms. The number of alkyl halides is 3. The molecule has 1 saturated heterocycles. The van der Waals surface area contributed by atoms with E-state index in [9.17, 15) is 22.8 Å². The number of benzene rings is 2. The van der Waals surface area contributed by atoms with Crippen molar-refractivity contribution in [3.05, 3.63) is 58.6 Å². The van der Waals surface area contributed by atoms with Crippen molar-refractivity contribution in [3.8, 4) is 5.75 Å². The predicted octanol–water partition coefficient (Wildman–Crippen LogP) is 5.39. The van der Waals surface area contributed by atoms with Gasteiger partial charge in [0.25, 0.3) is 0 Å². The molecule has 2 aromatic carbocycles. The third kappa shape index (κ3) is 4.09. The average molecular weight is 439 g/mol. The van der Waals surface area contributed by atoms with E-state index in [0.29, 0.717) is 36.6 Å².